The van der Waals surface area contributed by atoms with E-state index in [2.05, 4.69) is 35.7 Å². The molecule has 0 bridgehead atoms. The quantitative estimate of drug-likeness (QED) is 0.841. The summed E-state index contributed by atoms with van der Waals surface area (Å²) in [6.07, 6.45) is 1.99. The fraction of sp³-hybridized carbons (Fsp3) is 0.632. The third-order valence-electron chi connectivity index (χ3n) is 5.02. The van der Waals surface area contributed by atoms with E-state index in [0.717, 1.165) is 50.6 Å². The Bertz CT molecular complexity index is 587. The minimum Gasteiger partial charge on any atom is -0.339 e. The molecule has 2 heterocycles. The van der Waals surface area contributed by atoms with Crippen molar-refractivity contribution in [2.24, 2.45) is 5.92 Å². The molecule has 3 rings (SSSR count). The molecule has 2 fully saturated rings. The highest BCUT2D eigenvalue weighted by Crippen LogP contribution is 2.17. The number of benzene rings is 1. The molecule has 2 aliphatic heterocycles. The maximum absolute atomic E-state index is 12.7. The average Bonchev–Trinajstić information content (AvgIpc) is 3.02. The van der Waals surface area contributed by atoms with E-state index in [1.165, 1.54) is 5.56 Å². The van der Waals surface area contributed by atoms with Crippen molar-refractivity contribution in [3.63, 3.8) is 0 Å². The van der Waals surface area contributed by atoms with Gasteiger partial charge in [0.1, 0.15) is 6.04 Å². The molecule has 0 aromatic heterocycles. The fourth-order valence-corrected chi connectivity index (χ4v) is 3.96. The van der Waals surface area contributed by atoms with Crippen molar-refractivity contribution in [1.29, 1.82) is 0 Å². The third-order valence-corrected chi connectivity index (χ3v) is 5.25. The number of nitrogens with zero attached hydrogens (tertiary/aromatic N) is 2. The molecule has 0 radical (unpaired) electrons. The molecule has 6 heteroatoms. The standard InChI is InChI=1S/C19H29ClN4O/c1-14(2)10-17-12-18(22-21-17)19(25)24-8-6-23(7-9-24)13-15-4-3-5-16(20)11-15/h3-5,11,14,17-18,21-22H,6-10,12-13H2,1-2H3. The largest absolute Gasteiger partial charge is 0.339 e. The summed E-state index contributed by atoms with van der Waals surface area (Å²) in [6.45, 7) is 8.74. The van der Waals surface area contributed by atoms with E-state index >= 15 is 0 Å². The van der Waals surface area contributed by atoms with Crippen molar-refractivity contribution in [1.82, 2.24) is 20.7 Å². The molecule has 1 amide bonds. The van der Waals surface area contributed by atoms with Crippen LogP contribution in [-0.2, 0) is 11.3 Å². The van der Waals surface area contributed by atoms with Crippen LogP contribution >= 0.6 is 11.6 Å². The second kappa shape index (κ2) is 8.49. The van der Waals surface area contributed by atoms with E-state index in [0.29, 0.717) is 12.0 Å². The van der Waals surface area contributed by atoms with Crippen LogP contribution in [0.4, 0.5) is 0 Å². The summed E-state index contributed by atoms with van der Waals surface area (Å²) in [7, 11) is 0. The Balaban J connectivity index is 1.45. The molecule has 1 aromatic rings. The van der Waals surface area contributed by atoms with E-state index in [-0.39, 0.29) is 11.9 Å². The molecule has 25 heavy (non-hydrogen) atoms. The SMILES string of the molecule is CC(C)CC1CC(C(=O)N2CCN(Cc3cccc(Cl)c3)CC2)NN1. The molecule has 1 aromatic carbocycles. The van der Waals surface area contributed by atoms with Crippen LogP contribution in [0.25, 0.3) is 0 Å². The van der Waals surface area contributed by atoms with Gasteiger partial charge in [-0.2, -0.15) is 0 Å². The van der Waals surface area contributed by atoms with Gasteiger partial charge in [0.25, 0.3) is 0 Å². The molecular weight excluding hydrogens is 336 g/mol. The molecular formula is C19H29ClN4O. The van der Waals surface area contributed by atoms with Crippen molar-refractivity contribution in [3.05, 3.63) is 34.9 Å². The topological polar surface area (TPSA) is 47.6 Å². The lowest BCUT2D eigenvalue weighted by Crippen LogP contribution is -2.53. The summed E-state index contributed by atoms with van der Waals surface area (Å²) in [5, 5.41) is 0.780. The Hall–Kier alpha value is -1.14. The lowest BCUT2D eigenvalue weighted by Gasteiger charge is -2.35. The van der Waals surface area contributed by atoms with Crippen molar-refractivity contribution in [2.75, 3.05) is 26.2 Å². The van der Waals surface area contributed by atoms with Crippen LogP contribution in [0.1, 0.15) is 32.3 Å². The Morgan fingerprint density at radius 1 is 1.24 bits per heavy atom. The molecule has 138 valence electrons. The summed E-state index contributed by atoms with van der Waals surface area (Å²) < 4.78 is 0. The smallest absolute Gasteiger partial charge is 0.241 e. The first-order chi connectivity index (χ1) is 12.0. The van der Waals surface area contributed by atoms with Gasteiger partial charge in [-0.15, -0.1) is 0 Å². The van der Waals surface area contributed by atoms with Gasteiger partial charge in [0.05, 0.1) is 0 Å². The van der Waals surface area contributed by atoms with E-state index in [4.69, 9.17) is 11.6 Å². The number of carbonyl (C=O) groups excluding carboxylic acids is 1. The van der Waals surface area contributed by atoms with Gasteiger partial charge in [-0.25, -0.2) is 5.43 Å². The van der Waals surface area contributed by atoms with Crippen LogP contribution < -0.4 is 10.9 Å². The summed E-state index contributed by atoms with van der Waals surface area (Å²) >= 11 is 6.06. The third kappa shape index (κ3) is 5.17. The highest BCUT2D eigenvalue weighted by atomic mass is 35.5. The van der Waals surface area contributed by atoms with Gasteiger partial charge in [-0.05, 0) is 36.5 Å². The lowest BCUT2D eigenvalue weighted by molar-refractivity contribution is -0.135. The normalized spacial score (nSPS) is 24.9. The number of amides is 1. The minimum absolute atomic E-state index is 0.0803. The molecule has 2 saturated heterocycles. The molecule has 5 nitrogen and oxygen atoms in total. The first kappa shape index (κ1) is 18.6. The van der Waals surface area contributed by atoms with Crippen LogP contribution in [0.2, 0.25) is 5.02 Å². The zero-order valence-electron chi connectivity index (χ0n) is 15.2. The van der Waals surface area contributed by atoms with Crippen LogP contribution in [0.5, 0.6) is 0 Å². The Labute approximate surface area is 155 Å². The fourth-order valence-electron chi connectivity index (χ4n) is 3.75. The van der Waals surface area contributed by atoms with Gasteiger partial charge in [0, 0.05) is 43.8 Å². The average molecular weight is 365 g/mol. The van der Waals surface area contributed by atoms with Gasteiger partial charge >= 0.3 is 0 Å². The second-order valence-electron chi connectivity index (χ2n) is 7.63. The predicted octanol–water partition coefficient (Wildman–Crippen LogP) is 2.27. The number of halogens is 1. The summed E-state index contributed by atoms with van der Waals surface area (Å²) in [5.74, 6) is 0.879. The number of carbonyl (C=O) groups is 1. The summed E-state index contributed by atoms with van der Waals surface area (Å²) in [6, 6.07) is 8.33. The number of rotatable bonds is 5. The Morgan fingerprint density at radius 3 is 2.68 bits per heavy atom. The zero-order valence-corrected chi connectivity index (χ0v) is 15.9. The minimum atomic E-state index is -0.0803. The van der Waals surface area contributed by atoms with Crippen molar-refractivity contribution < 1.29 is 4.79 Å². The van der Waals surface area contributed by atoms with Crippen LogP contribution in [0.15, 0.2) is 24.3 Å². The van der Waals surface area contributed by atoms with Gasteiger partial charge in [-0.3, -0.25) is 15.1 Å². The molecule has 2 atom stereocenters. The first-order valence-electron chi connectivity index (χ1n) is 9.28. The lowest BCUT2D eigenvalue weighted by atomic mass is 9.99. The molecule has 0 spiro atoms. The van der Waals surface area contributed by atoms with Crippen LogP contribution in [0, 0.1) is 5.92 Å². The number of hydrogen-bond acceptors (Lipinski definition) is 4. The van der Waals surface area contributed by atoms with Crippen molar-refractivity contribution in [2.45, 2.75) is 45.3 Å². The highest BCUT2D eigenvalue weighted by Gasteiger charge is 2.33. The molecule has 0 saturated carbocycles. The summed E-state index contributed by atoms with van der Waals surface area (Å²) in [5.41, 5.74) is 7.71. The van der Waals surface area contributed by atoms with Crippen molar-refractivity contribution in [3.8, 4) is 0 Å². The van der Waals surface area contributed by atoms with Crippen molar-refractivity contribution >= 4 is 17.5 Å². The summed E-state index contributed by atoms with van der Waals surface area (Å²) in [4.78, 5) is 17.1. The molecule has 0 aliphatic carbocycles. The first-order valence-corrected chi connectivity index (χ1v) is 9.65. The Morgan fingerprint density at radius 2 is 2.00 bits per heavy atom. The van der Waals surface area contributed by atoms with Crippen LogP contribution in [-0.4, -0.2) is 54.0 Å². The zero-order chi connectivity index (χ0) is 17.8. The van der Waals surface area contributed by atoms with Gasteiger partial charge in [-0.1, -0.05) is 37.6 Å². The monoisotopic (exact) mass is 364 g/mol. The van der Waals surface area contributed by atoms with Crippen LogP contribution in [0.3, 0.4) is 0 Å². The number of piperazine rings is 1. The second-order valence-corrected chi connectivity index (χ2v) is 8.07. The van der Waals surface area contributed by atoms with Gasteiger partial charge in [0.15, 0.2) is 0 Å². The molecule has 2 unspecified atom stereocenters. The molecule has 2 N–H and O–H groups in total. The van der Waals surface area contributed by atoms with E-state index in [9.17, 15) is 4.79 Å². The van der Waals surface area contributed by atoms with Gasteiger partial charge in [0.2, 0.25) is 5.91 Å². The maximum Gasteiger partial charge on any atom is 0.241 e. The van der Waals surface area contributed by atoms with E-state index < -0.39 is 0 Å². The number of hydrogen-bond donors (Lipinski definition) is 2. The maximum atomic E-state index is 12.7. The predicted molar refractivity (Wildman–Crippen MR) is 101 cm³/mol. The highest BCUT2D eigenvalue weighted by molar-refractivity contribution is 6.30. The Kier molecular flexibility index (Phi) is 6.34. The van der Waals surface area contributed by atoms with E-state index in [1.807, 2.05) is 23.1 Å². The number of nitrogens with one attached hydrogen (secondary N) is 2. The van der Waals surface area contributed by atoms with E-state index in [1.54, 1.807) is 0 Å². The molecule has 2 aliphatic rings. The van der Waals surface area contributed by atoms with Gasteiger partial charge < -0.3 is 4.90 Å². The number of hydrazine groups is 1.